The summed E-state index contributed by atoms with van der Waals surface area (Å²) in [6, 6.07) is 3.92. The van der Waals surface area contributed by atoms with Crippen molar-refractivity contribution in [2.24, 2.45) is 0 Å². The van der Waals surface area contributed by atoms with E-state index in [2.05, 4.69) is 17.2 Å². The predicted molar refractivity (Wildman–Crippen MR) is 61.3 cm³/mol. The van der Waals surface area contributed by atoms with E-state index in [0.29, 0.717) is 5.54 Å². The van der Waals surface area contributed by atoms with E-state index in [-0.39, 0.29) is 0 Å². The maximum Gasteiger partial charge on any atom is 0.137 e. The normalized spacial score (nSPS) is 18.0. The molecular weight excluding hydrogens is 188 g/mol. The smallest absolute Gasteiger partial charge is 0.137 e. The monoisotopic (exact) mass is 206 g/mol. The van der Waals surface area contributed by atoms with Crippen LogP contribution in [0.3, 0.4) is 0 Å². The number of anilines is 1. The van der Waals surface area contributed by atoms with Crippen LogP contribution in [0.2, 0.25) is 0 Å². The third-order valence-electron chi connectivity index (χ3n) is 3.35. The van der Waals surface area contributed by atoms with Crippen molar-refractivity contribution in [1.29, 1.82) is 0 Å². The molecule has 2 rings (SSSR count). The number of nitrogens with zero attached hydrogens (tertiary/aromatic N) is 1. The molecule has 1 heterocycles. The van der Waals surface area contributed by atoms with Crippen LogP contribution in [0, 0.1) is 0 Å². The molecule has 0 aliphatic heterocycles. The molecule has 0 atom stereocenters. The van der Waals surface area contributed by atoms with E-state index >= 15 is 0 Å². The second kappa shape index (κ2) is 4.09. The summed E-state index contributed by atoms with van der Waals surface area (Å²) in [5, 5.41) is 3.53. The van der Waals surface area contributed by atoms with Crippen molar-refractivity contribution in [3.63, 3.8) is 0 Å². The minimum atomic E-state index is 0.307. The molecule has 0 saturated heterocycles. The highest BCUT2D eigenvalue weighted by molar-refractivity contribution is 5.41. The van der Waals surface area contributed by atoms with Crippen LogP contribution < -0.4 is 10.1 Å². The zero-order chi connectivity index (χ0) is 10.7. The largest absolute Gasteiger partial charge is 0.495 e. The van der Waals surface area contributed by atoms with Gasteiger partial charge in [-0.2, -0.15) is 0 Å². The lowest BCUT2D eigenvalue weighted by atomic mass is 9.75. The summed E-state index contributed by atoms with van der Waals surface area (Å²) in [4.78, 5) is 4.33. The fourth-order valence-electron chi connectivity index (χ4n) is 2.02. The summed E-state index contributed by atoms with van der Waals surface area (Å²) in [7, 11) is 1.66. The molecule has 1 saturated carbocycles. The van der Waals surface area contributed by atoms with E-state index in [0.717, 1.165) is 11.6 Å². The van der Waals surface area contributed by atoms with Crippen molar-refractivity contribution in [2.75, 3.05) is 12.4 Å². The summed E-state index contributed by atoms with van der Waals surface area (Å²) in [6.45, 7) is 2.23. The Kier molecular flexibility index (Phi) is 2.80. The zero-order valence-electron chi connectivity index (χ0n) is 9.42. The number of methoxy groups -OCH3 is 1. The summed E-state index contributed by atoms with van der Waals surface area (Å²) in [5.41, 5.74) is 0.307. The summed E-state index contributed by atoms with van der Waals surface area (Å²) < 4.78 is 5.08. The first-order valence-electron chi connectivity index (χ1n) is 5.56. The Bertz CT molecular complexity index is 311. The van der Waals surface area contributed by atoms with E-state index in [1.54, 1.807) is 13.3 Å². The SMILES string of the molecule is CCC1(Nc2ccc(OC)cn2)CCC1. The maximum absolute atomic E-state index is 5.08. The minimum absolute atomic E-state index is 0.307. The van der Waals surface area contributed by atoms with E-state index in [1.165, 1.54) is 25.7 Å². The van der Waals surface area contributed by atoms with Gasteiger partial charge in [0.1, 0.15) is 11.6 Å². The predicted octanol–water partition coefficient (Wildman–Crippen LogP) is 2.83. The Balaban J connectivity index is 2.03. The second-order valence-corrected chi connectivity index (χ2v) is 4.20. The molecule has 1 aliphatic rings. The quantitative estimate of drug-likeness (QED) is 0.822. The highest BCUT2D eigenvalue weighted by Crippen LogP contribution is 2.37. The average molecular weight is 206 g/mol. The number of aromatic nitrogens is 1. The molecule has 1 fully saturated rings. The van der Waals surface area contributed by atoms with Gasteiger partial charge >= 0.3 is 0 Å². The number of pyridine rings is 1. The second-order valence-electron chi connectivity index (χ2n) is 4.20. The first-order valence-corrected chi connectivity index (χ1v) is 5.56. The molecule has 0 unspecified atom stereocenters. The van der Waals surface area contributed by atoms with Crippen LogP contribution in [-0.2, 0) is 0 Å². The Morgan fingerprint density at radius 2 is 2.27 bits per heavy atom. The van der Waals surface area contributed by atoms with Gasteiger partial charge in [0.05, 0.1) is 13.3 Å². The molecule has 0 bridgehead atoms. The first kappa shape index (κ1) is 10.3. The molecular formula is C12H18N2O. The number of ether oxygens (including phenoxy) is 1. The van der Waals surface area contributed by atoms with Gasteiger partial charge in [0, 0.05) is 5.54 Å². The van der Waals surface area contributed by atoms with Crippen molar-refractivity contribution in [3.8, 4) is 5.75 Å². The minimum Gasteiger partial charge on any atom is -0.495 e. The molecule has 82 valence electrons. The molecule has 0 radical (unpaired) electrons. The van der Waals surface area contributed by atoms with Crippen molar-refractivity contribution in [1.82, 2.24) is 4.98 Å². The molecule has 0 aromatic carbocycles. The first-order chi connectivity index (χ1) is 7.28. The van der Waals surface area contributed by atoms with Crippen LogP contribution in [-0.4, -0.2) is 17.6 Å². The number of nitrogens with one attached hydrogen (secondary N) is 1. The fourth-order valence-corrected chi connectivity index (χ4v) is 2.02. The van der Waals surface area contributed by atoms with Crippen LogP contribution in [0.25, 0.3) is 0 Å². The van der Waals surface area contributed by atoms with Crippen molar-refractivity contribution < 1.29 is 4.74 Å². The lowest BCUT2D eigenvalue weighted by Crippen LogP contribution is -2.44. The van der Waals surface area contributed by atoms with E-state index in [4.69, 9.17) is 4.74 Å². The van der Waals surface area contributed by atoms with Crippen LogP contribution >= 0.6 is 0 Å². The van der Waals surface area contributed by atoms with E-state index in [1.807, 2.05) is 12.1 Å². The molecule has 3 heteroatoms. The third-order valence-corrected chi connectivity index (χ3v) is 3.35. The third kappa shape index (κ3) is 2.06. The van der Waals surface area contributed by atoms with Crippen molar-refractivity contribution in [3.05, 3.63) is 18.3 Å². The zero-order valence-corrected chi connectivity index (χ0v) is 9.42. The molecule has 15 heavy (non-hydrogen) atoms. The van der Waals surface area contributed by atoms with Gasteiger partial charge < -0.3 is 10.1 Å². The Morgan fingerprint density at radius 3 is 2.67 bits per heavy atom. The van der Waals surface area contributed by atoms with Gasteiger partial charge in [-0.05, 0) is 37.8 Å². The van der Waals surface area contributed by atoms with Crippen molar-refractivity contribution in [2.45, 2.75) is 38.1 Å². The van der Waals surface area contributed by atoms with Gasteiger partial charge in [-0.15, -0.1) is 0 Å². The highest BCUT2D eigenvalue weighted by atomic mass is 16.5. The topological polar surface area (TPSA) is 34.1 Å². The van der Waals surface area contributed by atoms with E-state index < -0.39 is 0 Å². The van der Waals surface area contributed by atoms with Gasteiger partial charge in [0.25, 0.3) is 0 Å². The lowest BCUT2D eigenvalue weighted by molar-refractivity contribution is 0.269. The van der Waals surface area contributed by atoms with Gasteiger partial charge in [0.15, 0.2) is 0 Å². The van der Waals surface area contributed by atoms with Gasteiger partial charge in [-0.3, -0.25) is 0 Å². The van der Waals surface area contributed by atoms with Gasteiger partial charge in [-0.1, -0.05) is 6.92 Å². The molecule has 0 spiro atoms. The maximum atomic E-state index is 5.08. The van der Waals surface area contributed by atoms with Crippen LogP contribution in [0.4, 0.5) is 5.82 Å². The average Bonchev–Trinajstić information content (AvgIpc) is 2.24. The highest BCUT2D eigenvalue weighted by Gasteiger charge is 2.34. The Hall–Kier alpha value is -1.25. The van der Waals surface area contributed by atoms with Gasteiger partial charge in [0.2, 0.25) is 0 Å². The summed E-state index contributed by atoms with van der Waals surface area (Å²) in [6.07, 6.45) is 6.77. The summed E-state index contributed by atoms with van der Waals surface area (Å²) in [5.74, 6) is 1.76. The summed E-state index contributed by atoms with van der Waals surface area (Å²) >= 11 is 0. The molecule has 1 N–H and O–H groups in total. The molecule has 0 amide bonds. The molecule has 1 aromatic heterocycles. The van der Waals surface area contributed by atoms with Crippen LogP contribution in [0.5, 0.6) is 5.75 Å². The van der Waals surface area contributed by atoms with Crippen molar-refractivity contribution >= 4 is 5.82 Å². The van der Waals surface area contributed by atoms with Crippen LogP contribution in [0.1, 0.15) is 32.6 Å². The Morgan fingerprint density at radius 1 is 1.47 bits per heavy atom. The number of hydrogen-bond acceptors (Lipinski definition) is 3. The van der Waals surface area contributed by atoms with Gasteiger partial charge in [-0.25, -0.2) is 4.98 Å². The van der Waals surface area contributed by atoms with E-state index in [9.17, 15) is 0 Å². The lowest BCUT2D eigenvalue weighted by Gasteiger charge is -2.42. The number of rotatable bonds is 4. The van der Waals surface area contributed by atoms with Crippen LogP contribution in [0.15, 0.2) is 18.3 Å². The molecule has 1 aliphatic carbocycles. The Labute approximate surface area is 90.9 Å². The molecule has 3 nitrogen and oxygen atoms in total. The number of hydrogen-bond donors (Lipinski definition) is 1. The molecule has 1 aromatic rings. The standard InChI is InChI=1S/C12H18N2O/c1-3-12(7-4-8-12)14-11-6-5-10(15-2)9-13-11/h5-6,9H,3-4,7-8H2,1-2H3,(H,13,14). The fraction of sp³-hybridized carbons (Fsp3) is 0.583.